The molecule has 1 saturated heterocycles. The standard InChI is InChI=1S/C12H15N5O2/c1-16-7-9(6-14-16)12(18)17-4-5-19-8-11(17)10-2-3-13-15-10/h2-3,6-7,11H,4-5,8H2,1H3,(H,13,15)/t11-/m1/s1. The van der Waals surface area contributed by atoms with Crippen molar-refractivity contribution in [3.8, 4) is 0 Å². The van der Waals surface area contributed by atoms with Crippen LogP contribution in [0.25, 0.3) is 0 Å². The Morgan fingerprint density at radius 1 is 1.58 bits per heavy atom. The number of morpholine rings is 1. The van der Waals surface area contributed by atoms with Crippen LogP contribution in [0.15, 0.2) is 24.7 Å². The van der Waals surface area contributed by atoms with Crippen molar-refractivity contribution in [3.63, 3.8) is 0 Å². The molecule has 0 radical (unpaired) electrons. The van der Waals surface area contributed by atoms with Crippen molar-refractivity contribution < 1.29 is 9.53 Å². The van der Waals surface area contributed by atoms with Gasteiger partial charge in [-0.1, -0.05) is 0 Å². The third-order valence-electron chi connectivity index (χ3n) is 3.22. The number of hydrogen-bond donors (Lipinski definition) is 1. The molecule has 100 valence electrons. The number of aryl methyl sites for hydroxylation is 1. The van der Waals surface area contributed by atoms with E-state index in [2.05, 4.69) is 15.3 Å². The van der Waals surface area contributed by atoms with E-state index in [1.165, 1.54) is 0 Å². The summed E-state index contributed by atoms with van der Waals surface area (Å²) in [5.74, 6) is -0.0315. The molecule has 0 bridgehead atoms. The molecule has 3 heterocycles. The van der Waals surface area contributed by atoms with Crippen LogP contribution in [0, 0.1) is 0 Å². The highest BCUT2D eigenvalue weighted by molar-refractivity contribution is 5.94. The molecule has 1 N–H and O–H groups in total. The van der Waals surface area contributed by atoms with Crippen LogP contribution in [-0.2, 0) is 11.8 Å². The molecule has 2 aromatic rings. The highest BCUT2D eigenvalue weighted by atomic mass is 16.5. The van der Waals surface area contributed by atoms with Gasteiger partial charge in [0.2, 0.25) is 0 Å². The average Bonchev–Trinajstić information content (AvgIpc) is 3.09. The molecule has 1 aliphatic rings. The molecular formula is C12H15N5O2. The molecule has 0 aliphatic carbocycles. The summed E-state index contributed by atoms with van der Waals surface area (Å²) in [5, 5.41) is 10.9. The monoisotopic (exact) mass is 261 g/mol. The van der Waals surface area contributed by atoms with Crippen LogP contribution in [0.1, 0.15) is 22.1 Å². The topological polar surface area (TPSA) is 76.0 Å². The Bertz CT molecular complexity index is 562. The number of nitrogens with zero attached hydrogens (tertiary/aromatic N) is 4. The van der Waals surface area contributed by atoms with Crippen molar-refractivity contribution in [2.24, 2.45) is 7.05 Å². The predicted molar refractivity (Wildman–Crippen MR) is 66.4 cm³/mol. The molecule has 7 nitrogen and oxygen atoms in total. The molecule has 1 atom stereocenters. The van der Waals surface area contributed by atoms with Crippen LogP contribution in [0.2, 0.25) is 0 Å². The van der Waals surface area contributed by atoms with Crippen LogP contribution in [-0.4, -0.2) is 50.5 Å². The largest absolute Gasteiger partial charge is 0.377 e. The fourth-order valence-electron chi connectivity index (χ4n) is 2.25. The highest BCUT2D eigenvalue weighted by Crippen LogP contribution is 2.24. The third-order valence-corrected chi connectivity index (χ3v) is 3.22. The molecule has 1 aliphatic heterocycles. The zero-order valence-electron chi connectivity index (χ0n) is 10.6. The van der Waals surface area contributed by atoms with Crippen LogP contribution >= 0.6 is 0 Å². The normalized spacial score (nSPS) is 19.6. The lowest BCUT2D eigenvalue weighted by molar-refractivity contribution is -0.00391. The second-order valence-electron chi connectivity index (χ2n) is 4.50. The first-order chi connectivity index (χ1) is 9.25. The Morgan fingerprint density at radius 3 is 3.16 bits per heavy atom. The molecule has 0 saturated carbocycles. The smallest absolute Gasteiger partial charge is 0.257 e. The molecule has 1 fully saturated rings. The van der Waals surface area contributed by atoms with E-state index in [1.807, 2.05) is 6.07 Å². The fraction of sp³-hybridized carbons (Fsp3) is 0.417. The van der Waals surface area contributed by atoms with Gasteiger partial charge in [0.05, 0.1) is 36.7 Å². The summed E-state index contributed by atoms with van der Waals surface area (Å²) in [4.78, 5) is 14.3. The zero-order chi connectivity index (χ0) is 13.2. The maximum absolute atomic E-state index is 12.5. The van der Waals surface area contributed by atoms with Gasteiger partial charge in [-0.05, 0) is 6.07 Å². The van der Waals surface area contributed by atoms with Crippen LogP contribution in [0.5, 0.6) is 0 Å². The minimum atomic E-state index is -0.121. The van der Waals surface area contributed by atoms with Crippen molar-refractivity contribution in [2.45, 2.75) is 6.04 Å². The van der Waals surface area contributed by atoms with Crippen molar-refractivity contribution in [2.75, 3.05) is 19.8 Å². The lowest BCUT2D eigenvalue weighted by Gasteiger charge is -2.34. The second-order valence-corrected chi connectivity index (χ2v) is 4.50. The Labute approximate surface area is 110 Å². The Balaban J connectivity index is 1.86. The average molecular weight is 261 g/mol. The summed E-state index contributed by atoms with van der Waals surface area (Å²) < 4.78 is 7.09. The second kappa shape index (κ2) is 4.85. The SMILES string of the molecule is Cn1cc(C(=O)N2CCOC[C@@H]2c2ccn[nH]2)cn1. The molecule has 0 unspecified atom stereocenters. The zero-order valence-corrected chi connectivity index (χ0v) is 10.6. The Kier molecular flexibility index (Phi) is 3.04. The van der Waals surface area contributed by atoms with Gasteiger partial charge in [0.15, 0.2) is 0 Å². The number of amides is 1. The Hall–Kier alpha value is -2.15. The molecule has 0 aromatic carbocycles. The maximum Gasteiger partial charge on any atom is 0.257 e. The highest BCUT2D eigenvalue weighted by Gasteiger charge is 2.30. The lowest BCUT2D eigenvalue weighted by Crippen LogP contribution is -2.43. The minimum Gasteiger partial charge on any atom is -0.377 e. The van der Waals surface area contributed by atoms with Crippen LogP contribution in [0.3, 0.4) is 0 Å². The van der Waals surface area contributed by atoms with E-state index >= 15 is 0 Å². The molecule has 0 spiro atoms. The van der Waals surface area contributed by atoms with Crippen LogP contribution in [0.4, 0.5) is 0 Å². The van der Waals surface area contributed by atoms with Gasteiger partial charge in [-0.2, -0.15) is 10.2 Å². The first-order valence-electron chi connectivity index (χ1n) is 6.12. The number of aromatic amines is 1. The van der Waals surface area contributed by atoms with Gasteiger partial charge in [0.25, 0.3) is 5.91 Å². The van der Waals surface area contributed by atoms with Crippen molar-refractivity contribution >= 4 is 5.91 Å². The minimum absolute atomic E-state index is 0.0315. The number of hydrogen-bond acceptors (Lipinski definition) is 4. The summed E-state index contributed by atoms with van der Waals surface area (Å²) in [5.41, 5.74) is 1.48. The number of aromatic nitrogens is 4. The third kappa shape index (κ3) is 2.24. The maximum atomic E-state index is 12.5. The summed E-state index contributed by atoms with van der Waals surface area (Å²) in [7, 11) is 1.79. The first kappa shape index (κ1) is 11.9. The summed E-state index contributed by atoms with van der Waals surface area (Å²) in [6.07, 6.45) is 4.99. The molecule has 7 heteroatoms. The number of H-pyrrole nitrogens is 1. The van der Waals surface area contributed by atoms with E-state index in [0.717, 1.165) is 5.69 Å². The van der Waals surface area contributed by atoms with E-state index in [0.29, 0.717) is 25.3 Å². The summed E-state index contributed by atoms with van der Waals surface area (Å²) in [6.45, 7) is 1.60. The van der Waals surface area contributed by atoms with E-state index in [-0.39, 0.29) is 11.9 Å². The Morgan fingerprint density at radius 2 is 2.47 bits per heavy atom. The van der Waals surface area contributed by atoms with Gasteiger partial charge >= 0.3 is 0 Å². The van der Waals surface area contributed by atoms with Gasteiger partial charge in [0.1, 0.15) is 0 Å². The quantitative estimate of drug-likeness (QED) is 0.846. The van der Waals surface area contributed by atoms with Gasteiger partial charge in [-0.3, -0.25) is 14.6 Å². The van der Waals surface area contributed by atoms with E-state index in [4.69, 9.17) is 4.74 Å². The van der Waals surface area contributed by atoms with Crippen LogP contribution < -0.4 is 0 Å². The van der Waals surface area contributed by atoms with E-state index in [1.54, 1.807) is 35.2 Å². The molecule has 3 rings (SSSR count). The van der Waals surface area contributed by atoms with Crippen molar-refractivity contribution in [1.29, 1.82) is 0 Å². The molecular weight excluding hydrogens is 246 g/mol. The van der Waals surface area contributed by atoms with E-state index in [9.17, 15) is 4.79 Å². The van der Waals surface area contributed by atoms with Crippen molar-refractivity contribution in [1.82, 2.24) is 24.9 Å². The number of carbonyl (C=O) groups is 1. The molecule has 19 heavy (non-hydrogen) atoms. The molecule has 2 aromatic heterocycles. The first-order valence-corrected chi connectivity index (χ1v) is 6.12. The number of rotatable bonds is 2. The summed E-state index contributed by atoms with van der Waals surface area (Å²) in [6, 6.07) is 1.74. The predicted octanol–water partition coefficient (Wildman–Crippen LogP) is 0.357. The van der Waals surface area contributed by atoms with Gasteiger partial charge in [-0.15, -0.1) is 0 Å². The number of carbonyl (C=O) groups excluding carboxylic acids is 1. The van der Waals surface area contributed by atoms with E-state index < -0.39 is 0 Å². The number of ether oxygens (including phenoxy) is 1. The van der Waals surface area contributed by atoms with Gasteiger partial charge < -0.3 is 9.64 Å². The van der Waals surface area contributed by atoms with Gasteiger partial charge in [-0.25, -0.2) is 0 Å². The van der Waals surface area contributed by atoms with Crippen molar-refractivity contribution in [3.05, 3.63) is 35.9 Å². The van der Waals surface area contributed by atoms with Gasteiger partial charge in [0, 0.05) is 26.0 Å². The lowest BCUT2D eigenvalue weighted by atomic mass is 10.1. The number of nitrogens with one attached hydrogen (secondary N) is 1. The fourth-order valence-corrected chi connectivity index (χ4v) is 2.25. The summed E-state index contributed by atoms with van der Waals surface area (Å²) >= 11 is 0. The molecule has 1 amide bonds.